The Labute approximate surface area is 173 Å². The van der Waals surface area contributed by atoms with E-state index >= 15 is 0 Å². The molecule has 2 rings (SSSR count). The molecular formula is C23H33N3O3. The minimum absolute atomic E-state index is 0.00323. The molecule has 0 aromatic heterocycles. The van der Waals surface area contributed by atoms with Crippen molar-refractivity contribution in [3.05, 3.63) is 42.0 Å². The lowest BCUT2D eigenvalue weighted by Gasteiger charge is -2.33. The van der Waals surface area contributed by atoms with E-state index < -0.39 is 0 Å². The molecule has 1 aliphatic rings. The first-order chi connectivity index (χ1) is 13.7. The number of piperidine rings is 1. The van der Waals surface area contributed by atoms with Crippen LogP contribution in [-0.2, 0) is 14.4 Å². The van der Waals surface area contributed by atoms with Gasteiger partial charge in [-0.15, -0.1) is 0 Å². The van der Waals surface area contributed by atoms with Crippen molar-refractivity contribution in [2.45, 2.75) is 46.1 Å². The Morgan fingerprint density at radius 1 is 1.14 bits per heavy atom. The van der Waals surface area contributed by atoms with Crippen molar-refractivity contribution in [2.24, 2.45) is 5.92 Å². The molecule has 6 heteroatoms. The van der Waals surface area contributed by atoms with Gasteiger partial charge in [0.25, 0.3) is 0 Å². The Balaban J connectivity index is 1.85. The maximum absolute atomic E-state index is 12.8. The smallest absolute Gasteiger partial charge is 0.246 e. The summed E-state index contributed by atoms with van der Waals surface area (Å²) in [5.74, 6) is -0.314. The van der Waals surface area contributed by atoms with Crippen LogP contribution in [0.3, 0.4) is 0 Å². The minimum atomic E-state index is -0.321. The van der Waals surface area contributed by atoms with E-state index in [0.29, 0.717) is 32.5 Å². The Bertz CT molecular complexity index is 729. The number of carbonyl (C=O) groups excluding carboxylic acids is 3. The maximum atomic E-state index is 12.8. The third kappa shape index (κ3) is 7.37. The van der Waals surface area contributed by atoms with E-state index in [1.165, 1.54) is 0 Å². The summed E-state index contributed by atoms with van der Waals surface area (Å²) in [7, 11) is 0. The van der Waals surface area contributed by atoms with Gasteiger partial charge in [0, 0.05) is 37.2 Å². The standard InChI is InChI=1S/C23H33N3O3/c1-5-25(17-20(27)24-23(2,3)4)22(29)19-13-15-26(16-14-19)21(28)12-11-18-9-7-6-8-10-18/h6-12,19H,5,13-17H2,1-4H3,(H,24,27)/b12-11+. The van der Waals surface area contributed by atoms with Gasteiger partial charge in [0.1, 0.15) is 0 Å². The Morgan fingerprint density at radius 3 is 2.31 bits per heavy atom. The first kappa shape index (κ1) is 22.7. The Morgan fingerprint density at radius 2 is 1.76 bits per heavy atom. The molecule has 3 amide bonds. The molecule has 0 radical (unpaired) electrons. The third-order valence-corrected chi connectivity index (χ3v) is 4.92. The van der Waals surface area contributed by atoms with Gasteiger partial charge in [-0.2, -0.15) is 0 Å². The summed E-state index contributed by atoms with van der Waals surface area (Å²) in [5.41, 5.74) is 0.663. The highest BCUT2D eigenvalue weighted by Gasteiger charge is 2.30. The van der Waals surface area contributed by atoms with Crippen LogP contribution in [0.15, 0.2) is 36.4 Å². The number of nitrogens with zero attached hydrogens (tertiary/aromatic N) is 2. The number of benzene rings is 1. The molecule has 29 heavy (non-hydrogen) atoms. The minimum Gasteiger partial charge on any atom is -0.350 e. The third-order valence-electron chi connectivity index (χ3n) is 4.92. The van der Waals surface area contributed by atoms with E-state index in [2.05, 4.69) is 5.32 Å². The molecule has 1 N–H and O–H groups in total. The summed E-state index contributed by atoms with van der Waals surface area (Å²) in [6, 6.07) is 9.70. The van der Waals surface area contributed by atoms with Crippen molar-refractivity contribution in [1.29, 1.82) is 0 Å². The second kappa shape index (κ2) is 10.2. The lowest BCUT2D eigenvalue weighted by atomic mass is 9.95. The topological polar surface area (TPSA) is 69.7 Å². The molecule has 6 nitrogen and oxygen atoms in total. The summed E-state index contributed by atoms with van der Waals surface area (Å²) in [6.45, 7) is 9.32. The summed E-state index contributed by atoms with van der Waals surface area (Å²) in [4.78, 5) is 40.8. The van der Waals surface area contributed by atoms with Crippen LogP contribution in [0.1, 0.15) is 46.1 Å². The summed E-state index contributed by atoms with van der Waals surface area (Å²) >= 11 is 0. The Hall–Kier alpha value is -2.63. The van der Waals surface area contributed by atoms with Crippen LogP contribution in [0, 0.1) is 5.92 Å². The first-order valence-electron chi connectivity index (χ1n) is 10.3. The fraction of sp³-hybridized carbons (Fsp3) is 0.522. The molecule has 1 saturated heterocycles. The van der Waals surface area contributed by atoms with Gasteiger partial charge in [-0.05, 0) is 52.2 Å². The number of carbonyl (C=O) groups is 3. The summed E-state index contributed by atoms with van der Waals surface area (Å²) in [6.07, 6.45) is 4.65. The number of likely N-dealkylation sites (tertiary alicyclic amines) is 1. The van der Waals surface area contributed by atoms with Crippen LogP contribution in [0.4, 0.5) is 0 Å². The van der Waals surface area contributed by atoms with Crippen LogP contribution >= 0.6 is 0 Å². The Kier molecular flexibility index (Phi) is 8.00. The van der Waals surface area contributed by atoms with E-state index in [4.69, 9.17) is 0 Å². The molecule has 1 fully saturated rings. The highest BCUT2D eigenvalue weighted by Crippen LogP contribution is 2.20. The van der Waals surface area contributed by atoms with Crippen LogP contribution in [0.25, 0.3) is 6.08 Å². The van der Waals surface area contributed by atoms with Crippen molar-refractivity contribution < 1.29 is 14.4 Å². The van der Waals surface area contributed by atoms with Crippen LogP contribution in [0.5, 0.6) is 0 Å². The number of hydrogen-bond donors (Lipinski definition) is 1. The summed E-state index contributed by atoms with van der Waals surface area (Å²) in [5, 5.41) is 2.90. The number of hydrogen-bond acceptors (Lipinski definition) is 3. The van der Waals surface area contributed by atoms with E-state index in [9.17, 15) is 14.4 Å². The zero-order valence-electron chi connectivity index (χ0n) is 18.0. The highest BCUT2D eigenvalue weighted by molar-refractivity contribution is 5.92. The van der Waals surface area contributed by atoms with E-state index in [-0.39, 0.29) is 35.7 Å². The molecule has 158 valence electrons. The molecule has 0 spiro atoms. The largest absolute Gasteiger partial charge is 0.350 e. The average molecular weight is 400 g/mol. The average Bonchev–Trinajstić information content (AvgIpc) is 2.69. The number of amides is 3. The predicted molar refractivity (Wildman–Crippen MR) is 115 cm³/mol. The zero-order chi connectivity index (χ0) is 21.4. The van der Waals surface area contributed by atoms with Crippen LogP contribution in [-0.4, -0.2) is 59.2 Å². The van der Waals surface area contributed by atoms with Crippen molar-refractivity contribution in [3.63, 3.8) is 0 Å². The van der Waals surface area contributed by atoms with Gasteiger partial charge in [-0.1, -0.05) is 30.3 Å². The van der Waals surface area contributed by atoms with Gasteiger partial charge in [-0.25, -0.2) is 0 Å². The van der Waals surface area contributed by atoms with E-state index in [1.54, 1.807) is 15.9 Å². The number of likely N-dealkylation sites (N-methyl/N-ethyl adjacent to an activating group) is 1. The van der Waals surface area contributed by atoms with Crippen molar-refractivity contribution >= 4 is 23.8 Å². The van der Waals surface area contributed by atoms with Crippen molar-refractivity contribution in [1.82, 2.24) is 15.1 Å². The molecule has 0 bridgehead atoms. The quantitative estimate of drug-likeness (QED) is 0.748. The fourth-order valence-corrected chi connectivity index (χ4v) is 3.42. The number of nitrogens with one attached hydrogen (secondary N) is 1. The fourth-order valence-electron chi connectivity index (χ4n) is 3.42. The van der Waals surface area contributed by atoms with Crippen LogP contribution < -0.4 is 5.32 Å². The monoisotopic (exact) mass is 399 g/mol. The molecule has 0 atom stereocenters. The van der Waals surface area contributed by atoms with Crippen molar-refractivity contribution in [3.8, 4) is 0 Å². The second-order valence-corrected chi connectivity index (χ2v) is 8.49. The maximum Gasteiger partial charge on any atom is 0.246 e. The SMILES string of the molecule is CCN(CC(=O)NC(C)(C)C)C(=O)C1CCN(C(=O)/C=C/c2ccccc2)CC1. The zero-order valence-corrected chi connectivity index (χ0v) is 18.0. The molecule has 1 heterocycles. The molecule has 0 unspecified atom stereocenters. The highest BCUT2D eigenvalue weighted by atomic mass is 16.2. The first-order valence-corrected chi connectivity index (χ1v) is 10.3. The van der Waals surface area contributed by atoms with E-state index in [1.807, 2.05) is 64.1 Å². The van der Waals surface area contributed by atoms with Gasteiger partial charge >= 0.3 is 0 Å². The van der Waals surface area contributed by atoms with Gasteiger partial charge in [0.15, 0.2) is 0 Å². The van der Waals surface area contributed by atoms with Gasteiger partial charge < -0.3 is 15.1 Å². The predicted octanol–water partition coefficient (Wildman–Crippen LogP) is 2.70. The van der Waals surface area contributed by atoms with Crippen molar-refractivity contribution in [2.75, 3.05) is 26.2 Å². The van der Waals surface area contributed by atoms with Gasteiger partial charge in [0.05, 0.1) is 6.54 Å². The van der Waals surface area contributed by atoms with Crippen LogP contribution in [0.2, 0.25) is 0 Å². The lowest BCUT2D eigenvalue weighted by Crippen LogP contribution is -2.49. The van der Waals surface area contributed by atoms with Gasteiger partial charge in [-0.3, -0.25) is 14.4 Å². The summed E-state index contributed by atoms with van der Waals surface area (Å²) < 4.78 is 0. The normalized spacial score (nSPS) is 15.4. The van der Waals surface area contributed by atoms with E-state index in [0.717, 1.165) is 5.56 Å². The molecule has 1 aliphatic heterocycles. The lowest BCUT2D eigenvalue weighted by molar-refractivity contribution is -0.142. The van der Waals surface area contributed by atoms with Gasteiger partial charge in [0.2, 0.25) is 17.7 Å². The molecular weight excluding hydrogens is 366 g/mol. The molecule has 1 aromatic carbocycles. The molecule has 0 aliphatic carbocycles. The second-order valence-electron chi connectivity index (χ2n) is 8.49. The molecule has 1 aromatic rings. The molecule has 0 saturated carbocycles. The number of rotatable bonds is 6.